The zero-order chi connectivity index (χ0) is 20.8. The number of thioether (sulfide) groups is 1. The van der Waals surface area contributed by atoms with Crippen molar-refractivity contribution in [3.63, 3.8) is 0 Å². The van der Waals surface area contributed by atoms with Gasteiger partial charge >= 0.3 is 11.9 Å². The quantitative estimate of drug-likeness (QED) is 0.264. The largest absolute Gasteiger partial charge is 0.468 e. The van der Waals surface area contributed by atoms with Crippen LogP contribution in [0.3, 0.4) is 0 Å². The van der Waals surface area contributed by atoms with E-state index in [-0.39, 0.29) is 29.5 Å². The molecule has 2 rings (SSSR count). The Labute approximate surface area is 177 Å². The minimum absolute atomic E-state index is 0.0960. The van der Waals surface area contributed by atoms with Crippen LogP contribution in [0.25, 0.3) is 0 Å². The second-order valence-electron chi connectivity index (χ2n) is 5.76. The fourth-order valence-electron chi connectivity index (χ4n) is 2.73. The van der Waals surface area contributed by atoms with Crippen LogP contribution >= 0.6 is 35.0 Å². The molecular weight excluding hydrogens is 425 g/mol. The van der Waals surface area contributed by atoms with Gasteiger partial charge in [0.25, 0.3) is 0 Å². The number of nitrogens with zero attached hydrogens (tertiary/aromatic N) is 1. The molecule has 0 fully saturated rings. The van der Waals surface area contributed by atoms with Crippen LogP contribution in [0.2, 0.25) is 10.0 Å². The lowest BCUT2D eigenvalue weighted by atomic mass is 10.1. The predicted molar refractivity (Wildman–Crippen MR) is 108 cm³/mol. The molecule has 28 heavy (non-hydrogen) atoms. The van der Waals surface area contributed by atoms with Gasteiger partial charge in [-0.2, -0.15) is 0 Å². The summed E-state index contributed by atoms with van der Waals surface area (Å²) in [4.78, 5) is 36.9. The van der Waals surface area contributed by atoms with Gasteiger partial charge in [0.1, 0.15) is 5.69 Å². The van der Waals surface area contributed by atoms with E-state index in [4.69, 9.17) is 23.2 Å². The van der Waals surface area contributed by atoms with E-state index in [0.29, 0.717) is 10.6 Å². The Bertz CT molecular complexity index is 863. The van der Waals surface area contributed by atoms with Gasteiger partial charge in [-0.25, -0.2) is 0 Å². The van der Waals surface area contributed by atoms with E-state index in [1.54, 1.807) is 34.9 Å². The average Bonchev–Trinajstić information content (AvgIpc) is 3.02. The number of ketones is 1. The molecule has 0 bridgehead atoms. The van der Waals surface area contributed by atoms with Gasteiger partial charge in [0, 0.05) is 17.1 Å². The molecule has 0 aliphatic rings. The lowest BCUT2D eigenvalue weighted by molar-refractivity contribution is -0.159. The smallest absolute Gasteiger partial charge is 0.320 e. The highest BCUT2D eigenvalue weighted by Gasteiger charge is 2.30. The van der Waals surface area contributed by atoms with Gasteiger partial charge in [-0.15, -0.1) is 11.8 Å². The van der Waals surface area contributed by atoms with Crippen molar-refractivity contribution >= 4 is 52.7 Å². The van der Waals surface area contributed by atoms with Crippen LogP contribution in [0.5, 0.6) is 0 Å². The molecule has 0 aliphatic heterocycles. The van der Waals surface area contributed by atoms with Crippen molar-refractivity contribution in [3.8, 4) is 0 Å². The van der Waals surface area contributed by atoms with Gasteiger partial charge in [0.15, 0.2) is 5.92 Å². The summed E-state index contributed by atoms with van der Waals surface area (Å²) in [5.41, 5.74) is 0.706. The van der Waals surface area contributed by atoms with E-state index in [1.165, 1.54) is 26.0 Å². The van der Waals surface area contributed by atoms with Crippen molar-refractivity contribution in [3.05, 3.63) is 51.6 Å². The highest BCUT2D eigenvalue weighted by molar-refractivity contribution is 7.98. The van der Waals surface area contributed by atoms with Crippen molar-refractivity contribution in [2.24, 2.45) is 5.92 Å². The SMILES string of the molecule is COC(=O)C(CCn1c(SC)cc(Cl)c1C(=O)c1ccc(Cl)cc1)C(=O)OC. The zero-order valence-electron chi connectivity index (χ0n) is 15.5. The van der Waals surface area contributed by atoms with E-state index in [0.717, 1.165) is 5.03 Å². The number of aromatic nitrogens is 1. The van der Waals surface area contributed by atoms with Crippen molar-refractivity contribution in [1.29, 1.82) is 0 Å². The Morgan fingerprint density at radius 1 is 1.07 bits per heavy atom. The molecule has 0 aliphatic carbocycles. The second-order valence-corrected chi connectivity index (χ2v) is 7.43. The number of benzene rings is 1. The number of esters is 2. The molecular formula is C19H19Cl2NO5S. The maximum absolute atomic E-state index is 13.0. The van der Waals surface area contributed by atoms with E-state index in [9.17, 15) is 14.4 Å². The fraction of sp³-hybridized carbons (Fsp3) is 0.316. The number of hydrogen-bond donors (Lipinski definition) is 0. The molecule has 0 atom stereocenters. The Hall–Kier alpha value is -1.96. The summed E-state index contributed by atoms with van der Waals surface area (Å²) >= 11 is 13.6. The van der Waals surface area contributed by atoms with Gasteiger partial charge in [-0.1, -0.05) is 23.2 Å². The highest BCUT2D eigenvalue weighted by atomic mass is 35.5. The topological polar surface area (TPSA) is 74.6 Å². The molecule has 1 aromatic carbocycles. The van der Waals surface area contributed by atoms with E-state index < -0.39 is 17.9 Å². The number of methoxy groups -OCH3 is 2. The maximum atomic E-state index is 13.0. The standard InChI is InChI=1S/C19H19Cl2NO5S/c1-26-18(24)13(19(25)27-2)8-9-22-15(28-3)10-14(21)16(22)17(23)11-4-6-12(20)7-5-11/h4-7,10,13H,8-9H2,1-3H3. The zero-order valence-corrected chi connectivity index (χ0v) is 17.9. The number of ether oxygens (including phenoxy) is 2. The summed E-state index contributed by atoms with van der Waals surface area (Å²) in [6.07, 6.45) is 1.94. The third kappa shape index (κ3) is 4.90. The molecule has 0 saturated heterocycles. The first-order valence-corrected chi connectivity index (χ1v) is 10.2. The molecule has 0 saturated carbocycles. The molecule has 2 aromatic rings. The molecule has 6 nitrogen and oxygen atoms in total. The molecule has 0 spiro atoms. The van der Waals surface area contributed by atoms with Crippen LogP contribution in [-0.2, 0) is 25.6 Å². The van der Waals surface area contributed by atoms with Crippen molar-refractivity contribution in [1.82, 2.24) is 4.57 Å². The number of carbonyl (C=O) groups excluding carboxylic acids is 3. The monoisotopic (exact) mass is 443 g/mol. The Kier molecular flexibility index (Phi) is 7.98. The lowest BCUT2D eigenvalue weighted by Crippen LogP contribution is -2.28. The summed E-state index contributed by atoms with van der Waals surface area (Å²) in [6.45, 7) is 0.201. The van der Waals surface area contributed by atoms with Crippen LogP contribution in [-0.4, -0.2) is 42.8 Å². The Morgan fingerprint density at radius 3 is 2.14 bits per heavy atom. The normalized spacial score (nSPS) is 10.8. The number of rotatable bonds is 8. The van der Waals surface area contributed by atoms with Gasteiger partial charge < -0.3 is 14.0 Å². The Balaban J connectivity index is 2.38. The average molecular weight is 444 g/mol. The predicted octanol–water partition coefficient (Wildman–Crippen LogP) is 4.10. The fourth-order valence-corrected chi connectivity index (χ4v) is 3.85. The maximum Gasteiger partial charge on any atom is 0.320 e. The van der Waals surface area contributed by atoms with Crippen LogP contribution in [0.1, 0.15) is 22.5 Å². The molecule has 0 radical (unpaired) electrons. The molecule has 0 N–H and O–H groups in total. The summed E-state index contributed by atoms with van der Waals surface area (Å²) in [6, 6.07) is 8.15. The first kappa shape index (κ1) is 22.3. The van der Waals surface area contributed by atoms with Gasteiger partial charge in [-0.05, 0) is 43.0 Å². The van der Waals surface area contributed by atoms with Gasteiger partial charge in [-0.3, -0.25) is 14.4 Å². The van der Waals surface area contributed by atoms with E-state index >= 15 is 0 Å². The highest BCUT2D eigenvalue weighted by Crippen LogP contribution is 2.30. The van der Waals surface area contributed by atoms with Gasteiger partial charge in [0.2, 0.25) is 5.78 Å². The number of carbonyl (C=O) groups is 3. The summed E-state index contributed by atoms with van der Waals surface area (Å²) in [7, 11) is 2.40. The van der Waals surface area contributed by atoms with E-state index in [1.807, 2.05) is 6.26 Å². The van der Waals surface area contributed by atoms with Crippen LogP contribution in [0.4, 0.5) is 0 Å². The summed E-state index contributed by atoms with van der Waals surface area (Å²) in [5, 5.41) is 1.54. The number of halogens is 2. The van der Waals surface area contributed by atoms with Gasteiger partial charge in [0.05, 0.1) is 24.3 Å². The third-order valence-electron chi connectivity index (χ3n) is 4.16. The summed E-state index contributed by atoms with van der Waals surface area (Å²) in [5.74, 6) is -2.76. The molecule has 9 heteroatoms. The molecule has 1 heterocycles. The molecule has 1 aromatic heterocycles. The minimum Gasteiger partial charge on any atom is -0.468 e. The molecule has 0 unspecified atom stereocenters. The van der Waals surface area contributed by atoms with Crippen LogP contribution in [0.15, 0.2) is 35.4 Å². The van der Waals surface area contributed by atoms with Crippen molar-refractivity contribution < 1.29 is 23.9 Å². The van der Waals surface area contributed by atoms with Crippen LogP contribution in [0, 0.1) is 5.92 Å². The first-order valence-electron chi connectivity index (χ1n) is 8.23. The first-order chi connectivity index (χ1) is 13.3. The Morgan fingerprint density at radius 2 is 1.64 bits per heavy atom. The minimum atomic E-state index is -1.09. The number of hydrogen-bond acceptors (Lipinski definition) is 6. The lowest BCUT2D eigenvalue weighted by Gasteiger charge is -2.16. The second kappa shape index (κ2) is 10.0. The molecule has 0 amide bonds. The van der Waals surface area contributed by atoms with E-state index in [2.05, 4.69) is 9.47 Å². The summed E-state index contributed by atoms with van der Waals surface area (Å²) < 4.78 is 11.1. The van der Waals surface area contributed by atoms with Crippen LogP contribution < -0.4 is 0 Å². The molecule has 150 valence electrons. The van der Waals surface area contributed by atoms with Crippen molar-refractivity contribution in [2.75, 3.05) is 20.5 Å². The third-order valence-corrected chi connectivity index (χ3v) is 5.45. The van der Waals surface area contributed by atoms with Crippen molar-refractivity contribution in [2.45, 2.75) is 18.0 Å².